The van der Waals surface area contributed by atoms with Gasteiger partial charge in [0, 0.05) is 18.7 Å². The highest BCUT2D eigenvalue weighted by Gasteiger charge is 2.35. The SMILES string of the molecule is Cl.NCc1ccc(CNC(=O)c2cnc(C(F)(F)F)s2)c(F)c1. The van der Waals surface area contributed by atoms with E-state index in [1.54, 1.807) is 6.07 Å². The van der Waals surface area contributed by atoms with Crippen LogP contribution in [0.1, 0.15) is 25.8 Å². The Labute approximate surface area is 139 Å². The average molecular weight is 370 g/mol. The Bertz CT molecular complexity index is 690. The Morgan fingerprint density at radius 1 is 1.35 bits per heavy atom. The molecule has 1 aromatic carbocycles. The molecule has 0 saturated carbocycles. The second-order valence-electron chi connectivity index (χ2n) is 4.34. The molecule has 0 atom stereocenters. The van der Waals surface area contributed by atoms with Gasteiger partial charge in [-0.05, 0) is 11.6 Å². The third-order valence-electron chi connectivity index (χ3n) is 2.76. The molecule has 0 aliphatic heterocycles. The van der Waals surface area contributed by atoms with Gasteiger partial charge < -0.3 is 11.1 Å². The van der Waals surface area contributed by atoms with Crippen LogP contribution < -0.4 is 11.1 Å². The number of aromatic nitrogens is 1. The minimum Gasteiger partial charge on any atom is -0.347 e. The lowest BCUT2D eigenvalue weighted by molar-refractivity contribution is -0.137. The number of benzene rings is 1. The van der Waals surface area contributed by atoms with Crippen LogP contribution in [0.3, 0.4) is 0 Å². The summed E-state index contributed by atoms with van der Waals surface area (Å²) in [4.78, 5) is 14.7. The lowest BCUT2D eigenvalue weighted by Gasteiger charge is -2.06. The molecule has 0 saturated heterocycles. The highest BCUT2D eigenvalue weighted by Crippen LogP contribution is 2.32. The van der Waals surface area contributed by atoms with Gasteiger partial charge in [-0.2, -0.15) is 13.2 Å². The fourth-order valence-corrected chi connectivity index (χ4v) is 2.33. The van der Waals surface area contributed by atoms with Crippen molar-refractivity contribution in [3.63, 3.8) is 0 Å². The number of hydrogen-bond acceptors (Lipinski definition) is 4. The summed E-state index contributed by atoms with van der Waals surface area (Å²) < 4.78 is 50.9. The molecular weight excluding hydrogens is 358 g/mol. The van der Waals surface area contributed by atoms with Crippen molar-refractivity contribution in [2.24, 2.45) is 5.73 Å². The molecule has 0 aliphatic carbocycles. The molecule has 1 aromatic heterocycles. The third-order valence-corrected chi connectivity index (χ3v) is 3.81. The van der Waals surface area contributed by atoms with E-state index in [0.29, 0.717) is 5.56 Å². The lowest BCUT2D eigenvalue weighted by atomic mass is 10.1. The lowest BCUT2D eigenvalue weighted by Crippen LogP contribution is -2.22. The van der Waals surface area contributed by atoms with Gasteiger partial charge in [-0.1, -0.05) is 12.1 Å². The number of nitrogens with one attached hydrogen (secondary N) is 1. The number of hydrogen-bond donors (Lipinski definition) is 2. The molecule has 3 N–H and O–H groups in total. The first-order valence-electron chi connectivity index (χ1n) is 6.10. The van der Waals surface area contributed by atoms with E-state index in [4.69, 9.17) is 5.73 Å². The van der Waals surface area contributed by atoms with Gasteiger partial charge in [-0.25, -0.2) is 9.37 Å². The molecule has 1 heterocycles. The summed E-state index contributed by atoms with van der Waals surface area (Å²) in [5.41, 5.74) is 6.19. The highest BCUT2D eigenvalue weighted by atomic mass is 35.5. The zero-order valence-electron chi connectivity index (χ0n) is 11.5. The first-order valence-corrected chi connectivity index (χ1v) is 6.91. The van der Waals surface area contributed by atoms with Crippen molar-refractivity contribution in [1.29, 1.82) is 0 Å². The van der Waals surface area contributed by atoms with E-state index in [9.17, 15) is 22.4 Å². The number of nitrogens with zero attached hydrogens (tertiary/aromatic N) is 1. The quantitative estimate of drug-likeness (QED) is 0.814. The van der Waals surface area contributed by atoms with E-state index < -0.39 is 22.9 Å². The predicted octanol–water partition coefficient (Wildman–Crippen LogP) is 3.11. The van der Waals surface area contributed by atoms with Crippen LogP contribution in [0, 0.1) is 5.82 Å². The monoisotopic (exact) mass is 369 g/mol. The minimum atomic E-state index is -4.59. The maximum atomic E-state index is 13.7. The number of nitrogens with two attached hydrogens (primary N) is 1. The molecule has 1 amide bonds. The van der Waals surface area contributed by atoms with Crippen LogP contribution in [0.4, 0.5) is 17.6 Å². The van der Waals surface area contributed by atoms with Crippen molar-refractivity contribution in [3.8, 4) is 0 Å². The molecule has 10 heteroatoms. The molecule has 126 valence electrons. The van der Waals surface area contributed by atoms with Gasteiger partial charge in [0.05, 0.1) is 6.20 Å². The average Bonchev–Trinajstić information content (AvgIpc) is 2.95. The van der Waals surface area contributed by atoms with Gasteiger partial charge in [0.2, 0.25) is 0 Å². The number of carbonyl (C=O) groups excluding carboxylic acids is 1. The molecule has 0 spiro atoms. The second kappa shape index (κ2) is 7.71. The van der Waals surface area contributed by atoms with Crippen LogP contribution in [0.25, 0.3) is 0 Å². The van der Waals surface area contributed by atoms with Crippen LogP contribution in [0.15, 0.2) is 24.4 Å². The maximum Gasteiger partial charge on any atom is 0.443 e. The maximum absolute atomic E-state index is 13.7. The fourth-order valence-electron chi connectivity index (χ4n) is 1.63. The number of thiazole rings is 1. The van der Waals surface area contributed by atoms with Crippen molar-refractivity contribution in [1.82, 2.24) is 10.3 Å². The molecular formula is C13H12ClF4N3OS. The van der Waals surface area contributed by atoms with E-state index in [-0.39, 0.29) is 47.3 Å². The van der Waals surface area contributed by atoms with Crippen LogP contribution in [0.5, 0.6) is 0 Å². The summed E-state index contributed by atoms with van der Waals surface area (Å²) in [6.07, 6.45) is -3.75. The summed E-state index contributed by atoms with van der Waals surface area (Å²) in [5.74, 6) is -1.28. The molecule has 0 fully saturated rings. The van der Waals surface area contributed by atoms with E-state index in [1.165, 1.54) is 12.1 Å². The molecule has 0 unspecified atom stereocenters. The topological polar surface area (TPSA) is 68.0 Å². The zero-order chi connectivity index (χ0) is 16.3. The highest BCUT2D eigenvalue weighted by molar-refractivity contribution is 7.13. The third kappa shape index (κ3) is 4.88. The summed E-state index contributed by atoms with van der Waals surface area (Å²) in [6, 6.07) is 4.32. The minimum absolute atomic E-state index is 0. The number of halogens is 5. The van der Waals surface area contributed by atoms with Gasteiger partial charge in [0.25, 0.3) is 5.91 Å². The smallest absolute Gasteiger partial charge is 0.347 e. The zero-order valence-corrected chi connectivity index (χ0v) is 13.1. The van der Waals surface area contributed by atoms with Crippen LogP contribution in [-0.4, -0.2) is 10.9 Å². The van der Waals surface area contributed by atoms with Crippen molar-refractivity contribution < 1.29 is 22.4 Å². The molecule has 23 heavy (non-hydrogen) atoms. The standard InChI is InChI=1S/C13H11F4N3OS.ClH/c14-9-3-7(4-18)1-2-8(9)5-19-11(21)10-6-20-12(22-10)13(15,16)17;/h1-3,6H,4-5,18H2,(H,19,21);1H. The van der Waals surface area contributed by atoms with Crippen LogP contribution >= 0.6 is 23.7 Å². The predicted molar refractivity (Wildman–Crippen MR) is 79.8 cm³/mol. The van der Waals surface area contributed by atoms with Crippen molar-refractivity contribution in [2.45, 2.75) is 19.3 Å². The molecule has 4 nitrogen and oxygen atoms in total. The summed E-state index contributed by atoms with van der Waals surface area (Å²) in [5, 5.41) is 1.25. The Morgan fingerprint density at radius 2 is 2.04 bits per heavy atom. The van der Waals surface area contributed by atoms with Gasteiger partial charge in [0.1, 0.15) is 10.7 Å². The van der Waals surface area contributed by atoms with E-state index in [0.717, 1.165) is 6.20 Å². The molecule has 2 rings (SSSR count). The Morgan fingerprint density at radius 3 is 2.57 bits per heavy atom. The Balaban J connectivity index is 0.00000264. The van der Waals surface area contributed by atoms with E-state index >= 15 is 0 Å². The normalized spacial score (nSPS) is 11.0. The number of rotatable bonds is 4. The summed E-state index contributed by atoms with van der Waals surface area (Å²) in [6.45, 7) is 0.0411. The van der Waals surface area contributed by atoms with Gasteiger partial charge >= 0.3 is 6.18 Å². The number of carbonyl (C=O) groups is 1. The van der Waals surface area contributed by atoms with E-state index in [1.807, 2.05) is 0 Å². The Hall–Kier alpha value is -1.71. The van der Waals surface area contributed by atoms with Gasteiger partial charge in [0.15, 0.2) is 5.01 Å². The largest absolute Gasteiger partial charge is 0.443 e. The molecule has 2 aromatic rings. The van der Waals surface area contributed by atoms with Crippen molar-refractivity contribution in [3.05, 3.63) is 51.2 Å². The van der Waals surface area contributed by atoms with Crippen LogP contribution in [-0.2, 0) is 19.3 Å². The number of amides is 1. The van der Waals surface area contributed by atoms with Crippen LogP contribution in [0.2, 0.25) is 0 Å². The number of alkyl halides is 3. The first-order chi connectivity index (χ1) is 10.3. The van der Waals surface area contributed by atoms with Crippen molar-refractivity contribution in [2.75, 3.05) is 0 Å². The fraction of sp³-hybridized carbons (Fsp3) is 0.231. The van der Waals surface area contributed by atoms with Gasteiger partial charge in [-0.3, -0.25) is 4.79 Å². The summed E-state index contributed by atoms with van der Waals surface area (Å²) >= 11 is 0.235. The molecule has 0 bridgehead atoms. The molecule has 0 aliphatic rings. The Kier molecular flexibility index (Phi) is 6.48. The van der Waals surface area contributed by atoms with E-state index in [2.05, 4.69) is 10.3 Å². The second-order valence-corrected chi connectivity index (χ2v) is 5.37. The summed E-state index contributed by atoms with van der Waals surface area (Å²) in [7, 11) is 0. The first kappa shape index (κ1) is 19.3. The van der Waals surface area contributed by atoms with Crippen molar-refractivity contribution >= 4 is 29.7 Å². The van der Waals surface area contributed by atoms with Gasteiger partial charge in [-0.15, -0.1) is 23.7 Å². The molecule has 0 radical (unpaired) electrons.